The lowest BCUT2D eigenvalue weighted by Crippen LogP contribution is -2.44. The SMILES string of the molecule is Cn1cccc1[C@H]1CCCN1CC(=O)N1CCC[C@H](c2nc3ccccc3s2)C1. The van der Waals surface area contributed by atoms with Crippen molar-refractivity contribution in [2.24, 2.45) is 7.05 Å². The topological polar surface area (TPSA) is 41.4 Å². The number of aryl methyl sites for hydroxylation is 1. The number of thiazole rings is 1. The van der Waals surface area contributed by atoms with Crippen LogP contribution < -0.4 is 0 Å². The van der Waals surface area contributed by atoms with E-state index in [4.69, 9.17) is 4.98 Å². The average Bonchev–Trinajstić information content (AvgIpc) is 3.47. The molecular formula is C23H28N4OS. The fourth-order valence-electron chi connectivity index (χ4n) is 4.91. The summed E-state index contributed by atoms with van der Waals surface area (Å²) in [5.74, 6) is 0.643. The first-order chi connectivity index (χ1) is 14.2. The van der Waals surface area contributed by atoms with Crippen LogP contribution in [-0.4, -0.2) is 51.4 Å². The van der Waals surface area contributed by atoms with Gasteiger partial charge in [-0.2, -0.15) is 0 Å². The van der Waals surface area contributed by atoms with E-state index < -0.39 is 0 Å². The van der Waals surface area contributed by atoms with Crippen LogP contribution in [0.15, 0.2) is 42.6 Å². The van der Waals surface area contributed by atoms with Crippen molar-refractivity contribution in [3.8, 4) is 0 Å². The van der Waals surface area contributed by atoms with E-state index in [1.165, 1.54) is 15.4 Å². The number of aromatic nitrogens is 2. The molecule has 3 aromatic rings. The lowest BCUT2D eigenvalue weighted by Gasteiger charge is -2.34. The highest BCUT2D eigenvalue weighted by atomic mass is 32.1. The molecule has 2 fully saturated rings. The van der Waals surface area contributed by atoms with Gasteiger partial charge in [-0.3, -0.25) is 9.69 Å². The molecule has 2 aromatic heterocycles. The molecule has 152 valence electrons. The number of fused-ring (bicyclic) bond motifs is 1. The monoisotopic (exact) mass is 408 g/mol. The molecule has 5 rings (SSSR count). The summed E-state index contributed by atoms with van der Waals surface area (Å²) in [6, 6.07) is 13.0. The average molecular weight is 409 g/mol. The number of piperidine rings is 1. The van der Waals surface area contributed by atoms with Crippen molar-refractivity contribution in [3.05, 3.63) is 53.3 Å². The van der Waals surface area contributed by atoms with Crippen LogP contribution in [-0.2, 0) is 11.8 Å². The number of amides is 1. The number of para-hydroxylation sites is 1. The van der Waals surface area contributed by atoms with Gasteiger partial charge in [0.1, 0.15) is 0 Å². The van der Waals surface area contributed by atoms with Crippen LogP contribution in [0.1, 0.15) is 48.3 Å². The number of likely N-dealkylation sites (tertiary alicyclic amines) is 2. The Morgan fingerprint density at radius 1 is 1.14 bits per heavy atom. The molecule has 2 saturated heterocycles. The molecule has 1 aromatic carbocycles. The number of carbonyl (C=O) groups is 1. The van der Waals surface area contributed by atoms with Gasteiger partial charge in [-0.1, -0.05) is 12.1 Å². The Hall–Kier alpha value is -2.18. The summed E-state index contributed by atoms with van der Waals surface area (Å²) in [5, 5.41) is 1.19. The smallest absolute Gasteiger partial charge is 0.236 e. The Morgan fingerprint density at radius 3 is 2.83 bits per heavy atom. The van der Waals surface area contributed by atoms with Crippen molar-refractivity contribution in [2.75, 3.05) is 26.2 Å². The number of hydrogen-bond donors (Lipinski definition) is 0. The van der Waals surface area contributed by atoms with E-state index in [1.807, 2.05) is 6.07 Å². The molecule has 2 atom stereocenters. The fourth-order valence-corrected chi connectivity index (χ4v) is 6.01. The van der Waals surface area contributed by atoms with Crippen LogP contribution in [0.2, 0.25) is 0 Å². The zero-order valence-corrected chi connectivity index (χ0v) is 17.8. The standard InChI is InChI=1S/C23H28N4OS/c1-25-12-5-9-19(25)20-10-6-13-26(20)16-22(28)27-14-4-7-17(15-27)23-24-18-8-2-3-11-21(18)29-23/h2-3,5,8-9,11-12,17,20H,4,6-7,10,13-16H2,1H3/t17-,20+/m0/s1. The lowest BCUT2D eigenvalue weighted by molar-refractivity contribution is -0.133. The molecule has 2 aliphatic rings. The Kier molecular flexibility index (Phi) is 5.14. The number of carbonyl (C=O) groups excluding carboxylic acids is 1. The van der Waals surface area contributed by atoms with Crippen LogP contribution in [0, 0.1) is 0 Å². The molecule has 1 amide bonds. The van der Waals surface area contributed by atoms with Crippen LogP contribution in [0.25, 0.3) is 10.2 Å². The van der Waals surface area contributed by atoms with Crippen LogP contribution in [0.5, 0.6) is 0 Å². The fraction of sp³-hybridized carbons (Fsp3) is 0.478. The third-order valence-electron chi connectivity index (χ3n) is 6.46. The van der Waals surface area contributed by atoms with Gasteiger partial charge in [-0.15, -0.1) is 11.3 Å². The summed E-state index contributed by atoms with van der Waals surface area (Å²) in [4.78, 5) is 22.5. The molecule has 0 unspecified atom stereocenters. The van der Waals surface area contributed by atoms with E-state index in [0.717, 1.165) is 50.8 Å². The molecule has 0 saturated carbocycles. The van der Waals surface area contributed by atoms with Crippen LogP contribution in [0.4, 0.5) is 0 Å². The maximum absolute atomic E-state index is 13.2. The second-order valence-electron chi connectivity index (χ2n) is 8.37. The number of benzene rings is 1. The number of rotatable bonds is 4. The molecule has 4 heterocycles. The summed E-state index contributed by atoms with van der Waals surface area (Å²) < 4.78 is 3.44. The Balaban J connectivity index is 1.27. The molecule has 0 bridgehead atoms. The predicted octanol–water partition coefficient (Wildman–Crippen LogP) is 4.18. The molecule has 2 aliphatic heterocycles. The van der Waals surface area contributed by atoms with Crippen LogP contribution in [0.3, 0.4) is 0 Å². The molecule has 0 spiro atoms. The van der Waals surface area contributed by atoms with Crippen molar-refractivity contribution in [1.82, 2.24) is 19.4 Å². The quantitative estimate of drug-likeness (QED) is 0.650. The molecule has 6 heteroatoms. The van der Waals surface area contributed by atoms with Gasteiger partial charge in [-0.25, -0.2) is 4.98 Å². The van der Waals surface area contributed by atoms with E-state index in [2.05, 4.69) is 57.9 Å². The Morgan fingerprint density at radius 2 is 2.00 bits per heavy atom. The first-order valence-corrected chi connectivity index (χ1v) is 11.5. The Labute approximate surface area is 175 Å². The minimum Gasteiger partial charge on any atom is -0.353 e. The number of hydrogen-bond acceptors (Lipinski definition) is 4. The zero-order chi connectivity index (χ0) is 19.8. The third kappa shape index (κ3) is 3.71. The van der Waals surface area contributed by atoms with Crippen molar-refractivity contribution in [1.29, 1.82) is 0 Å². The third-order valence-corrected chi connectivity index (χ3v) is 7.66. The van der Waals surface area contributed by atoms with Gasteiger partial charge in [-0.05, 0) is 56.5 Å². The van der Waals surface area contributed by atoms with Gasteiger partial charge in [0, 0.05) is 37.9 Å². The minimum absolute atomic E-state index is 0.275. The molecule has 29 heavy (non-hydrogen) atoms. The van der Waals surface area contributed by atoms with E-state index in [9.17, 15) is 4.79 Å². The van der Waals surface area contributed by atoms with Crippen molar-refractivity contribution >= 4 is 27.5 Å². The maximum Gasteiger partial charge on any atom is 0.236 e. The highest BCUT2D eigenvalue weighted by Gasteiger charge is 2.32. The van der Waals surface area contributed by atoms with Gasteiger partial charge < -0.3 is 9.47 Å². The molecule has 0 N–H and O–H groups in total. The predicted molar refractivity (Wildman–Crippen MR) is 117 cm³/mol. The molecule has 0 aliphatic carbocycles. The van der Waals surface area contributed by atoms with Gasteiger partial charge in [0.05, 0.1) is 27.8 Å². The van der Waals surface area contributed by atoms with Gasteiger partial charge in [0.25, 0.3) is 0 Å². The molecule has 5 nitrogen and oxygen atoms in total. The summed E-state index contributed by atoms with van der Waals surface area (Å²) in [5.41, 5.74) is 2.40. The summed E-state index contributed by atoms with van der Waals surface area (Å²) in [6.45, 7) is 3.23. The summed E-state index contributed by atoms with van der Waals surface area (Å²) in [6.07, 6.45) is 6.59. The van der Waals surface area contributed by atoms with E-state index >= 15 is 0 Å². The van der Waals surface area contributed by atoms with Gasteiger partial charge in [0.2, 0.25) is 5.91 Å². The van der Waals surface area contributed by atoms with E-state index in [1.54, 1.807) is 11.3 Å². The maximum atomic E-state index is 13.2. The first-order valence-electron chi connectivity index (χ1n) is 10.7. The second-order valence-corrected chi connectivity index (χ2v) is 9.43. The van der Waals surface area contributed by atoms with Crippen molar-refractivity contribution in [2.45, 2.75) is 37.6 Å². The highest BCUT2D eigenvalue weighted by molar-refractivity contribution is 7.18. The van der Waals surface area contributed by atoms with Gasteiger partial charge in [0.15, 0.2) is 0 Å². The summed E-state index contributed by atoms with van der Waals surface area (Å²) >= 11 is 1.79. The van der Waals surface area contributed by atoms with Crippen molar-refractivity contribution in [3.63, 3.8) is 0 Å². The van der Waals surface area contributed by atoms with E-state index in [-0.39, 0.29) is 5.91 Å². The van der Waals surface area contributed by atoms with Gasteiger partial charge >= 0.3 is 0 Å². The van der Waals surface area contributed by atoms with E-state index in [0.29, 0.717) is 18.5 Å². The van der Waals surface area contributed by atoms with Crippen molar-refractivity contribution < 1.29 is 4.79 Å². The molecular weight excluding hydrogens is 380 g/mol. The first kappa shape index (κ1) is 18.8. The Bertz CT molecular complexity index is 976. The molecule has 0 radical (unpaired) electrons. The minimum atomic E-state index is 0.275. The lowest BCUT2D eigenvalue weighted by atomic mass is 9.98. The largest absolute Gasteiger partial charge is 0.353 e. The normalized spacial score (nSPS) is 23.1. The summed E-state index contributed by atoms with van der Waals surface area (Å²) in [7, 11) is 2.10. The zero-order valence-electron chi connectivity index (χ0n) is 17.0. The number of nitrogens with zero attached hydrogens (tertiary/aromatic N) is 4. The highest BCUT2D eigenvalue weighted by Crippen LogP contribution is 2.34. The second kappa shape index (κ2) is 7.92. The van der Waals surface area contributed by atoms with Crippen LogP contribution >= 0.6 is 11.3 Å².